The lowest BCUT2D eigenvalue weighted by Crippen LogP contribution is -2.08. The van der Waals surface area contributed by atoms with Gasteiger partial charge in [-0.1, -0.05) is 23.7 Å². The number of rotatable bonds is 2. The zero-order valence-electron chi connectivity index (χ0n) is 7.48. The number of carbonyl (C=O) groups is 1. The Morgan fingerprint density at radius 1 is 1.47 bits per heavy atom. The van der Waals surface area contributed by atoms with Crippen LogP contribution in [0.1, 0.15) is 11.0 Å². The number of halogens is 1. The lowest BCUT2D eigenvalue weighted by atomic mass is 10.2. The molecule has 5 heteroatoms. The zero-order valence-corrected chi connectivity index (χ0v) is 9.05. The van der Waals surface area contributed by atoms with Crippen LogP contribution in [0.5, 0.6) is 0 Å². The summed E-state index contributed by atoms with van der Waals surface area (Å²) in [5, 5.41) is 19.4. The van der Waals surface area contributed by atoms with Crippen molar-refractivity contribution in [1.82, 2.24) is 0 Å². The summed E-state index contributed by atoms with van der Waals surface area (Å²) in [6.07, 6.45) is -1.47. The molecule has 2 N–H and O–H groups in total. The number of hydrogen-bond donors (Lipinski definition) is 2. The maximum absolute atomic E-state index is 10.6. The fourth-order valence-electron chi connectivity index (χ4n) is 1.30. The van der Waals surface area contributed by atoms with Gasteiger partial charge < -0.3 is 10.2 Å². The minimum atomic E-state index is -1.47. The van der Waals surface area contributed by atoms with Gasteiger partial charge in [0.05, 0.1) is 9.72 Å². The molecule has 0 fully saturated rings. The first-order valence-corrected chi connectivity index (χ1v) is 5.38. The van der Waals surface area contributed by atoms with Gasteiger partial charge in [0.25, 0.3) is 0 Å². The third-order valence-corrected chi connectivity index (χ3v) is 3.68. The van der Waals surface area contributed by atoms with E-state index in [1.165, 1.54) is 11.3 Å². The number of carboxylic acid groups (broad SMARTS) is 1. The Labute approximate surface area is 94.5 Å². The molecule has 0 saturated heterocycles. The van der Waals surface area contributed by atoms with E-state index in [1.54, 1.807) is 18.2 Å². The smallest absolute Gasteiger partial charge is 0.338 e. The van der Waals surface area contributed by atoms with Gasteiger partial charge in [-0.2, -0.15) is 0 Å². The van der Waals surface area contributed by atoms with E-state index < -0.39 is 12.1 Å². The summed E-state index contributed by atoms with van der Waals surface area (Å²) in [7, 11) is 0. The number of aliphatic carboxylic acids is 1. The van der Waals surface area contributed by atoms with Crippen molar-refractivity contribution in [2.75, 3.05) is 0 Å². The van der Waals surface area contributed by atoms with Crippen LogP contribution in [-0.2, 0) is 4.79 Å². The molecule has 1 unspecified atom stereocenters. The minimum Gasteiger partial charge on any atom is -0.479 e. The van der Waals surface area contributed by atoms with Gasteiger partial charge in [0.15, 0.2) is 6.10 Å². The summed E-state index contributed by atoms with van der Waals surface area (Å²) < 4.78 is 0.800. The van der Waals surface area contributed by atoms with Crippen LogP contribution in [0.25, 0.3) is 10.1 Å². The van der Waals surface area contributed by atoms with Gasteiger partial charge in [0.2, 0.25) is 0 Å². The highest BCUT2D eigenvalue weighted by Crippen LogP contribution is 2.34. The molecule has 2 rings (SSSR count). The number of aliphatic hydroxyl groups is 1. The lowest BCUT2D eigenvalue weighted by Gasteiger charge is -1.99. The van der Waals surface area contributed by atoms with E-state index in [9.17, 15) is 9.90 Å². The molecule has 0 amide bonds. The fraction of sp³-hybridized carbons (Fsp3) is 0.100. The van der Waals surface area contributed by atoms with E-state index in [0.717, 1.165) is 10.1 Å². The second kappa shape index (κ2) is 3.81. The van der Waals surface area contributed by atoms with Gasteiger partial charge in [-0.15, -0.1) is 11.3 Å². The first kappa shape index (κ1) is 10.4. The Kier molecular flexibility index (Phi) is 2.65. The molecule has 78 valence electrons. The molecule has 1 aromatic heterocycles. The van der Waals surface area contributed by atoms with Gasteiger partial charge >= 0.3 is 5.97 Å². The Hall–Kier alpha value is -1.10. The van der Waals surface area contributed by atoms with Crippen molar-refractivity contribution in [3.8, 4) is 0 Å². The van der Waals surface area contributed by atoms with Crippen LogP contribution >= 0.6 is 22.9 Å². The molecule has 1 heterocycles. The third-order valence-electron chi connectivity index (χ3n) is 2.02. The highest BCUT2D eigenvalue weighted by atomic mass is 35.5. The molecule has 3 nitrogen and oxygen atoms in total. The van der Waals surface area contributed by atoms with E-state index in [2.05, 4.69) is 0 Å². The zero-order chi connectivity index (χ0) is 11.0. The van der Waals surface area contributed by atoms with Crippen molar-refractivity contribution >= 4 is 39.0 Å². The summed E-state index contributed by atoms with van der Waals surface area (Å²) in [6, 6.07) is 6.99. The largest absolute Gasteiger partial charge is 0.479 e. The van der Waals surface area contributed by atoms with E-state index in [-0.39, 0.29) is 0 Å². The molecular formula is C10H7ClO3S. The molecule has 2 aromatic rings. The molecule has 15 heavy (non-hydrogen) atoms. The summed E-state index contributed by atoms with van der Waals surface area (Å²) in [4.78, 5) is 11.0. The van der Waals surface area contributed by atoms with Crippen molar-refractivity contribution in [3.05, 3.63) is 34.2 Å². The van der Waals surface area contributed by atoms with Gasteiger partial charge in [-0.3, -0.25) is 0 Å². The van der Waals surface area contributed by atoms with E-state index >= 15 is 0 Å². The van der Waals surface area contributed by atoms with Crippen LogP contribution in [0.15, 0.2) is 24.3 Å². The molecule has 0 radical (unpaired) electrons. The topological polar surface area (TPSA) is 57.5 Å². The second-order valence-corrected chi connectivity index (χ2v) is 4.54. The predicted molar refractivity (Wildman–Crippen MR) is 59.4 cm³/mol. The molecule has 0 aliphatic heterocycles. The summed E-state index contributed by atoms with van der Waals surface area (Å²) in [5.41, 5.74) is 0. The van der Waals surface area contributed by atoms with Crippen molar-refractivity contribution in [1.29, 1.82) is 0 Å². The molecule has 1 atom stereocenters. The average Bonchev–Trinajstić information content (AvgIpc) is 2.61. The normalized spacial score (nSPS) is 12.9. The van der Waals surface area contributed by atoms with Crippen LogP contribution < -0.4 is 0 Å². The number of aliphatic hydroxyl groups excluding tert-OH is 1. The van der Waals surface area contributed by atoms with E-state index in [0.29, 0.717) is 9.90 Å². The number of carboxylic acids is 1. The van der Waals surface area contributed by atoms with Gasteiger partial charge in [0.1, 0.15) is 0 Å². The molecule has 0 spiro atoms. The average molecular weight is 243 g/mol. The SMILES string of the molecule is O=C(O)C(O)c1cc2cccc(Cl)c2s1. The van der Waals surface area contributed by atoms with Gasteiger partial charge in [-0.25, -0.2) is 4.79 Å². The number of fused-ring (bicyclic) bond motifs is 1. The van der Waals surface area contributed by atoms with Crippen LogP contribution in [0.2, 0.25) is 5.02 Å². The highest BCUT2D eigenvalue weighted by Gasteiger charge is 2.19. The van der Waals surface area contributed by atoms with Crippen molar-refractivity contribution in [3.63, 3.8) is 0 Å². The number of hydrogen-bond acceptors (Lipinski definition) is 3. The van der Waals surface area contributed by atoms with E-state index in [4.69, 9.17) is 16.7 Å². The Bertz CT molecular complexity index is 520. The molecular weight excluding hydrogens is 236 g/mol. The van der Waals surface area contributed by atoms with Crippen LogP contribution in [0.4, 0.5) is 0 Å². The molecule has 0 aliphatic carbocycles. The maximum Gasteiger partial charge on any atom is 0.338 e. The quantitative estimate of drug-likeness (QED) is 0.851. The van der Waals surface area contributed by atoms with Crippen LogP contribution in [0, 0.1) is 0 Å². The molecule has 0 saturated carbocycles. The van der Waals surface area contributed by atoms with Crippen LogP contribution in [-0.4, -0.2) is 16.2 Å². The Morgan fingerprint density at radius 3 is 2.80 bits per heavy atom. The van der Waals surface area contributed by atoms with Crippen molar-refractivity contribution < 1.29 is 15.0 Å². The lowest BCUT2D eigenvalue weighted by molar-refractivity contribution is -0.146. The summed E-state index contributed by atoms with van der Waals surface area (Å²) >= 11 is 7.13. The summed E-state index contributed by atoms with van der Waals surface area (Å²) in [5.74, 6) is -1.25. The monoisotopic (exact) mass is 242 g/mol. The standard InChI is InChI=1S/C10H7ClO3S/c11-6-3-1-2-5-4-7(15-9(5)6)8(12)10(13)14/h1-4,8,12H,(H,13,14). The van der Waals surface area contributed by atoms with Crippen molar-refractivity contribution in [2.24, 2.45) is 0 Å². The maximum atomic E-state index is 10.6. The molecule has 0 bridgehead atoms. The summed E-state index contributed by atoms with van der Waals surface area (Å²) in [6.45, 7) is 0. The van der Waals surface area contributed by atoms with Crippen molar-refractivity contribution in [2.45, 2.75) is 6.10 Å². The first-order valence-electron chi connectivity index (χ1n) is 4.18. The number of thiophene rings is 1. The second-order valence-electron chi connectivity index (χ2n) is 3.05. The van der Waals surface area contributed by atoms with E-state index in [1.807, 2.05) is 6.07 Å². The predicted octanol–water partition coefficient (Wildman–Crippen LogP) is 2.67. The molecule has 1 aromatic carbocycles. The Morgan fingerprint density at radius 2 is 2.20 bits per heavy atom. The minimum absolute atomic E-state index is 0.394. The fourth-order valence-corrected chi connectivity index (χ4v) is 2.65. The highest BCUT2D eigenvalue weighted by molar-refractivity contribution is 7.19. The first-order chi connectivity index (χ1) is 7.09. The Balaban J connectivity index is 2.56. The number of benzene rings is 1. The third kappa shape index (κ3) is 1.84. The molecule has 0 aliphatic rings. The van der Waals surface area contributed by atoms with Gasteiger partial charge in [-0.05, 0) is 17.5 Å². The van der Waals surface area contributed by atoms with Gasteiger partial charge in [0, 0.05) is 4.88 Å². The van der Waals surface area contributed by atoms with Crippen LogP contribution in [0.3, 0.4) is 0 Å².